The Morgan fingerprint density at radius 2 is 1.65 bits per heavy atom. The Kier molecular flexibility index (Phi) is 7.72. The Hall–Kier alpha value is -3.60. The minimum atomic E-state index is -3.79. The smallest absolute Gasteiger partial charge is 0.337 e. The number of rotatable bonds is 7. The van der Waals surface area contributed by atoms with Crippen molar-refractivity contribution >= 4 is 43.5 Å². The lowest BCUT2D eigenvalue weighted by Gasteiger charge is -2.26. The van der Waals surface area contributed by atoms with Gasteiger partial charge in [0.2, 0.25) is 10.0 Å². The highest BCUT2D eigenvalue weighted by molar-refractivity contribution is 7.89. The molecule has 0 aliphatic carbocycles. The molecule has 0 aliphatic rings. The summed E-state index contributed by atoms with van der Waals surface area (Å²) in [7, 11) is -0.682. The molecule has 4 rings (SSSR count). The maximum absolute atomic E-state index is 13.4. The van der Waals surface area contributed by atoms with Crippen molar-refractivity contribution in [3.05, 3.63) is 94.3 Å². The van der Waals surface area contributed by atoms with E-state index in [1.807, 2.05) is 44.2 Å². The van der Waals surface area contributed by atoms with Crippen LogP contribution in [0.5, 0.6) is 0 Å². The van der Waals surface area contributed by atoms with Crippen molar-refractivity contribution in [3.8, 4) is 0 Å². The fourth-order valence-electron chi connectivity index (χ4n) is 3.85. The molecule has 1 aromatic heterocycles. The lowest BCUT2D eigenvalue weighted by molar-refractivity contribution is 0.0600. The summed E-state index contributed by atoms with van der Waals surface area (Å²) in [6.45, 7) is 3.91. The van der Waals surface area contributed by atoms with Crippen LogP contribution in [0.1, 0.15) is 40.1 Å². The maximum atomic E-state index is 13.4. The molecule has 192 valence electrons. The zero-order valence-corrected chi connectivity index (χ0v) is 22.5. The van der Waals surface area contributed by atoms with Crippen LogP contribution in [0.15, 0.2) is 82.7 Å². The molecule has 8 nitrogen and oxygen atoms in total. The van der Waals surface area contributed by atoms with Crippen molar-refractivity contribution in [1.82, 2.24) is 8.87 Å². The minimum Gasteiger partial charge on any atom is -0.465 e. The van der Waals surface area contributed by atoms with E-state index >= 15 is 0 Å². The van der Waals surface area contributed by atoms with Crippen LogP contribution in [0.3, 0.4) is 0 Å². The maximum Gasteiger partial charge on any atom is 0.337 e. The number of methoxy groups -OCH3 is 1. The highest BCUT2D eigenvalue weighted by Crippen LogP contribution is 2.22. The molecule has 4 aromatic rings. The third-order valence-corrected chi connectivity index (χ3v) is 9.02. The molecule has 0 atom stereocenters. The van der Waals surface area contributed by atoms with Crippen LogP contribution in [0.4, 0.5) is 0 Å². The largest absolute Gasteiger partial charge is 0.465 e. The number of nitrogens with zero attached hydrogens (tertiary/aromatic N) is 3. The number of benzene rings is 3. The molecule has 0 N–H and O–H groups in total. The van der Waals surface area contributed by atoms with Gasteiger partial charge < -0.3 is 9.30 Å². The van der Waals surface area contributed by atoms with E-state index in [4.69, 9.17) is 4.74 Å². The first-order valence-electron chi connectivity index (χ1n) is 11.5. The summed E-state index contributed by atoms with van der Waals surface area (Å²) in [6.07, 6.45) is 0. The van der Waals surface area contributed by atoms with E-state index in [-0.39, 0.29) is 23.0 Å². The van der Waals surface area contributed by atoms with Gasteiger partial charge in [0.05, 0.1) is 27.8 Å². The number of hydrogen-bond donors (Lipinski definition) is 0. The number of aryl methyl sites for hydroxylation is 1. The van der Waals surface area contributed by atoms with Gasteiger partial charge in [-0.2, -0.15) is 9.30 Å². The van der Waals surface area contributed by atoms with E-state index in [9.17, 15) is 18.0 Å². The second-order valence-electron chi connectivity index (χ2n) is 8.69. The summed E-state index contributed by atoms with van der Waals surface area (Å²) >= 11 is 1.27. The van der Waals surface area contributed by atoms with Crippen LogP contribution in [-0.2, 0) is 28.4 Å². The third kappa shape index (κ3) is 5.56. The second kappa shape index (κ2) is 10.8. The van der Waals surface area contributed by atoms with E-state index in [1.165, 1.54) is 47.0 Å². The predicted octanol–water partition coefficient (Wildman–Crippen LogP) is 4.37. The Morgan fingerprint density at radius 1 is 1.00 bits per heavy atom. The number of ether oxygens (including phenoxy) is 1. The van der Waals surface area contributed by atoms with Crippen LogP contribution in [0, 0.1) is 0 Å². The Labute approximate surface area is 219 Å². The van der Waals surface area contributed by atoms with Crippen LogP contribution >= 0.6 is 11.3 Å². The van der Waals surface area contributed by atoms with Crippen LogP contribution in [0.25, 0.3) is 10.2 Å². The molecule has 0 aliphatic heterocycles. The van der Waals surface area contributed by atoms with Gasteiger partial charge in [-0.15, -0.1) is 0 Å². The molecule has 0 radical (unpaired) electrons. The van der Waals surface area contributed by atoms with Crippen molar-refractivity contribution in [2.75, 3.05) is 7.11 Å². The molecule has 1 amide bonds. The van der Waals surface area contributed by atoms with Gasteiger partial charge in [-0.1, -0.05) is 41.7 Å². The van der Waals surface area contributed by atoms with Crippen molar-refractivity contribution < 1.29 is 22.7 Å². The molecule has 0 bridgehead atoms. The molecular formula is C27H27N3O5S2. The number of amides is 1. The number of thiazole rings is 1. The first-order valence-corrected chi connectivity index (χ1v) is 13.8. The number of aromatic nitrogens is 1. The summed E-state index contributed by atoms with van der Waals surface area (Å²) < 4.78 is 35.5. The van der Waals surface area contributed by atoms with Crippen molar-refractivity contribution in [2.24, 2.45) is 12.0 Å². The van der Waals surface area contributed by atoms with Gasteiger partial charge in [0.1, 0.15) is 0 Å². The monoisotopic (exact) mass is 537 g/mol. The molecule has 1 heterocycles. The zero-order valence-electron chi connectivity index (χ0n) is 20.9. The first kappa shape index (κ1) is 26.5. The molecule has 0 fully saturated rings. The fraction of sp³-hybridized carbons (Fsp3) is 0.222. The van der Waals surface area contributed by atoms with Gasteiger partial charge in [0.15, 0.2) is 4.80 Å². The predicted molar refractivity (Wildman–Crippen MR) is 143 cm³/mol. The number of sulfonamides is 1. The average Bonchev–Trinajstić information content (AvgIpc) is 3.21. The van der Waals surface area contributed by atoms with Crippen molar-refractivity contribution in [2.45, 2.75) is 31.3 Å². The molecular weight excluding hydrogens is 510 g/mol. The van der Waals surface area contributed by atoms with Gasteiger partial charge in [0, 0.05) is 25.2 Å². The van der Waals surface area contributed by atoms with Gasteiger partial charge in [-0.3, -0.25) is 4.79 Å². The third-order valence-electron chi connectivity index (χ3n) is 5.89. The van der Waals surface area contributed by atoms with Crippen molar-refractivity contribution in [1.29, 1.82) is 0 Å². The summed E-state index contributed by atoms with van der Waals surface area (Å²) in [4.78, 5) is 29.5. The summed E-state index contributed by atoms with van der Waals surface area (Å²) in [5.74, 6) is -0.938. The van der Waals surface area contributed by atoms with Crippen molar-refractivity contribution in [3.63, 3.8) is 0 Å². The van der Waals surface area contributed by atoms with E-state index in [0.717, 1.165) is 15.8 Å². The number of carbonyl (C=O) groups is 2. The van der Waals surface area contributed by atoms with E-state index < -0.39 is 21.9 Å². The zero-order chi connectivity index (χ0) is 26.7. The Bertz CT molecular complexity index is 1620. The molecule has 0 unspecified atom stereocenters. The van der Waals surface area contributed by atoms with Gasteiger partial charge >= 0.3 is 5.97 Å². The first-order chi connectivity index (χ1) is 17.6. The lowest BCUT2D eigenvalue weighted by atomic mass is 10.2. The number of hydrogen-bond acceptors (Lipinski definition) is 6. The Balaban J connectivity index is 1.61. The van der Waals surface area contributed by atoms with E-state index in [2.05, 4.69) is 4.99 Å². The molecule has 3 aromatic carbocycles. The molecule has 0 spiro atoms. The second-order valence-corrected chi connectivity index (χ2v) is 11.6. The van der Waals surface area contributed by atoms with Crippen LogP contribution in [-0.4, -0.2) is 42.3 Å². The molecule has 0 saturated carbocycles. The number of esters is 1. The lowest BCUT2D eigenvalue weighted by Crippen LogP contribution is -2.36. The SMILES string of the molecule is COC(=O)c1ccc2c(c1)sc(=NC(=O)c1ccc(S(=O)(=O)N(Cc3ccccc3)C(C)C)cc1)n2C. The molecule has 0 saturated heterocycles. The normalized spacial score (nSPS) is 12.4. The number of fused-ring (bicyclic) bond motifs is 1. The highest BCUT2D eigenvalue weighted by Gasteiger charge is 2.27. The van der Waals surface area contributed by atoms with Crippen LogP contribution < -0.4 is 4.80 Å². The van der Waals surface area contributed by atoms with E-state index in [1.54, 1.807) is 29.8 Å². The Morgan fingerprint density at radius 3 is 2.27 bits per heavy atom. The van der Waals surface area contributed by atoms with E-state index in [0.29, 0.717) is 10.4 Å². The van der Waals surface area contributed by atoms with Gasteiger partial charge in [-0.25, -0.2) is 13.2 Å². The quantitative estimate of drug-likeness (QED) is 0.326. The topological polar surface area (TPSA) is 98.0 Å². The number of carbonyl (C=O) groups excluding carboxylic acids is 2. The summed E-state index contributed by atoms with van der Waals surface area (Å²) in [5.41, 5.74) is 2.39. The summed E-state index contributed by atoms with van der Waals surface area (Å²) in [5, 5.41) is 0. The molecule has 10 heteroatoms. The van der Waals surface area contributed by atoms with Gasteiger partial charge in [-0.05, 0) is 61.9 Å². The molecule has 37 heavy (non-hydrogen) atoms. The standard InChI is InChI=1S/C27H27N3O5S2/c1-18(2)30(17-19-8-6-5-7-9-19)37(33,34)22-13-10-20(11-14-22)25(31)28-27-29(3)23-15-12-21(26(32)35-4)16-24(23)36-27/h5-16,18H,17H2,1-4H3. The summed E-state index contributed by atoms with van der Waals surface area (Å²) in [6, 6.07) is 20.1. The highest BCUT2D eigenvalue weighted by atomic mass is 32.2. The minimum absolute atomic E-state index is 0.108. The van der Waals surface area contributed by atoms with Crippen LogP contribution in [0.2, 0.25) is 0 Å². The van der Waals surface area contributed by atoms with Gasteiger partial charge in [0.25, 0.3) is 5.91 Å². The average molecular weight is 538 g/mol. The fourth-order valence-corrected chi connectivity index (χ4v) is 6.53.